The van der Waals surface area contributed by atoms with E-state index in [9.17, 15) is 9.59 Å². The molecular formula is C26H30N4O2. The molecule has 1 saturated heterocycles. The molecule has 1 aliphatic heterocycles. The third kappa shape index (κ3) is 4.01. The van der Waals surface area contributed by atoms with Gasteiger partial charge in [-0.3, -0.25) is 14.6 Å². The summed E-state index contributed by atoms with van der Waals surface area (Å²) in [5.41, 5.74) is 5.56. The topological polar surface area (TPSA) is 78.1 Å². The lowest BCUT2D eigenvalue weighted by atomic mass is 9.93. The standard InChI is InChI=1S/C26H30N4O2/c1-16-17(2)29-23-7-3-6-21(24(16)23)26(32)30-12-4-5-20(15-30)22-11-10-19(14-27-22)25(31)28-13-18-8-9-18/h3,6-7,10-11,14,18,20,29H,4-5,8-9,12-13,15H2,1-2H3,(H,28,31). The highest BCUT2D eigenvalue weighted by molar-refractivity contribution is 6.08. The molecule has 3 aromatic rings. The molecule has 2 aromatic heterocycles. The van der Waals surface area contributed by atoms with Gasteiger partial charge in [0.2, 0.25) is 0 Å². The lowest BCUT2D eigenvalue weighted by molar-refractivity contribution is 0.0707. The van der Waals surface area contributed by atoms with Gasteiger partial charge in [-0.05, 0) is 75.3 Å². The van der Waals surface area contributed by atoms with Crippen LogP contribution in [-0.4, -0.2) is 46.3 Å². The Morgan fingerprint density at radius 1 is 1.16 bits per heavy atom. The lowest BCUT2D eigenvalue weighted by Crippen LogP contribution is -2.39. The first-order valence-electron chi connectivity index (χ1n) is 11.6. The molecule has 32 heavy (non-hydrogen) atoms. The van der Waals surface area contributed by atoms with Gasteiger partial charge in [0.25, 0.3) is 11.8 Å². The van der Waals surface area contributed by atoms with Gasteiger partial charge in [0.15, 0.2) is 0 Å². The normalized spacial score (nSPS) is 18.7. The largest absolute Gasteiger partial charge is 0.358 e. The van der Waals surface area contributed by atoms with Crippen molar-refractivity contribution in [3.8, 4) is 0 Å². The van der Waals surface area contributed by atoms with Crippen molar-refractivity contribution in [1.29, 1.82) is 0 Å². The first kappa shape index (κ1) is 20.7. The molecular weight excluding hydrogens is 400 g/mol. The molecule has 5 rings (SSSR count). The summed E-state index contributed by atoms with van der Waals surface area (Å²) in [4.78, 5) is 35.7. The van der Waals surface area contributed by atoms with Crippen LogP contribution in [0.1, 0.15) is 69.3 Å². The molecule has 3 heterocycles. The second-order valence-electron chi connectivity index (χ2n) is 9.32. The van der Waals surface area contributed by atoms with Crippen LogP contribution >= 0.6 is 0 Å². The van der Waals surface area contributed by atoms with Crippen molar-refractivity contribution in [2.24, 2.45) is 5.92 Å². The number of fused-ring (bicyclic) bond motifs is 1. The molecule has 1 aromatic carbocycles. The van der Waals surface area contributed by atoms with Crippen LogP contribution in [0.5, 0.6) is 0 Å². The Balaban J connectivity index is 1.30. The smallest absolute Gasteiger partial charge is 0.254 e. The fraction of sp³-hybridized carbons (Fsp3) is 0.423. The Morgan fingerprint density at radius 2 is 2.00 bits per heavy atom. The molecule has 166 valence electrons. The first-order valence-corrected chi connectivity index (χ1v) is 11.6. The predicted molar refractivity (Wildman–Crippen MR) is 125 cm³/mol. The average Bonchev–Trinajstić information content (AvgIpc) is 3.61. The van der Waals surface area contributed by atoms with Gasteiger partial charge in [-0.1, -0.05) is 6.07 Å². The summed E-state index contributed by atoms with van der Waals surface area (Å²) in [7, 11) is 0. The molecule has 2 fully saturated rings. The number of hydrogen-bond acceptors (Lipinski definition) is 3. The molecule has 0 radical (unpaired) electrons. The lowest BCUT2D eigenvalue weighted by Gasteiger charge is -2.33. The van der Waals surface area contributed by atoms with Crippen LogP contribution in [0.2, 0.25) is 0 Å². The van der Waals surface area contributed by atoms with Gasteiger partial charge in [-0.2, -0.15) is 0 Å². The number of aromatic amines is 1. The summed E-state index contributed by atoms with van der Waals surface area (Å²) < 4.78 is 0. The Kier molecular flexibility index (Phi) is 5.45. The Bertz CT molecular complexity index is 1160. The van der Waals surface area contributed by atoms with Crippen LogP contribution in [0, 0.1) is 19.8 Å². The van der Waals surface area contributed by atoms with Crippen LogP contribution < -0.4 is 5.32 Å². The van der Waals surface area contributed by atoms with Gasteiger partial charge in [-0.25, -0.2) is 0 Å². The number of nitrogens with one attached hydrogen (secondary N) is 2. The van der Waals surface area contributed by atoms with Crippen molar-refractivity contribution in [2.45, 2.75) is 45.4 Å². The van der Waals surface area contributed by atoms with E-state index >= 15 is 0 Å². The number of benzene rings is 1. The van der Waals surface area contributed by atoms with Crippen molar-refractivity contribution in [3.63, 3.8) is 0 Å². The molecule has 2 N–H and O–H groups in total. The van der Waals surface area contributed by atoms with Crippen LogP contribution in [0.25, 0.3) is 10.9 Å². The number of aromatic nitrogens is 2. The van der Waals surface area contributed by atoms with Crippen LogP contribution in [0.15, 0.2) is 36.5 Å². The molecule has 1 saturated carbocycles. The molecule has 0 bridgehead atoms. The van der Waals surface area contributed by atoms with Crippen LogP contribution in [-0.2, 0) is 0 Å². The number of piperidine rings is 1. The number of carbonyl (C=O) groups is 2. The SMILES string of the molecule is Cc1[nH]c2cccc(C(=O)N3CCCC(c4ccc(C(=O)NCC5CC5)cn4)C3)c2c1C. The molecule has 1 atom stereocenters. The minimum atomic E-state index is -0.0540. The second kappa shape index (κ2) is 8.41. The zero-order chi connectivity index (χ0) is 22.2. The molecule has 6 heteroatoms. The number of pyridine rings is 1. The number of H-pyrrole nitrogens is 1. The van der Waals surface area contributed by atoms with Crippen LogP contribution in [0.4, 0.5) is 0 Å². The minimum Gasteiger partial charge on any atom is -0.358 e. The summed E-state index contributed by atoms with van der Waals surface area (Å²) in [6.07, 6.45) is 6.04. The first-order chi connectivity index (χ1) is 15.5. The van der Waals surface area contributed by atoms with Gasteiger partial charge in [0, 0.05) is 59.6 Å². The summed E-state index contributed by atoms with van der Waals surface area (Å²) in [6, 6.07) is 9.71. The average molecular weight is 431 g/mol. The minimum absolute atomic E-state index is 0.0540. The number of nitrogens with zero attached hydrogens (tertiary/aromatic N) is 2. The van der Waals surface area contributed by atoms with E-state index in [2.05, 4.69) is 22.2 Å². The van der Waals surface area contributed by atoms with Gasteiger partial charge < -0.3 is 15.2 Å². The highest BCUT2D eigenvalue weighted by atomic mass is 16.2. The molecule has 2 aliphatic rings. The molecule has 1 unspecified atom stereocenters. The van der Waals surface area contributed by atoms with E-state index in [4.69, 9.17) is 0 Å². The maximum atomic E-state index is 13.5. The quantitative estimate of drug-likeness (QED) is 0.632. The van der Waals surface area contributed by atoms with Crippen molar-refractivity contribution in [2.75, 3.05) is 19.6 Å². The Hall–Kier alpha value is -3.15. The van der Waals surface area contributed by atoms with E-state index in [1.54, 1.807) is 6.20 Å². The summed E-state index contributed by atoms with van der Waals surface area (Å²) in [6.45, 7) is 6.28. The van der Waals surface area contributed by atoms with Crippen molar-refractivity contribution in [3.05, 3.63) is 64.6 Å². The second-order valence-corrected chi connectivity index (χ2v) is 9.32. The zero-order valence-electron chi connectivity index (χ0n) is 18.8. The van der Waals surface area contributed by atoms with Gasteiger partial charge in [0.05, 0.1) is 5.56 Å². The van der Waals surface area contributed by atoms with E-state index in [-0.39, 0.29) is 17.7 Å². The van der Waals surface area contributed by atoms with E-state index in [1.807, 2.05) is 42.2 Å². The highest BCUT2D eigenvalue weighted by Gasteiger charge is 2.28. The summed E-state index contributed by atoms with van der Waals surface area (Å²) in [5, 5.41) is 4.01. The fourth-order valence-electron chi connectivity index (χ4n) is 4.74. The van der Waals surface area contributed by atoms with Gasteiger partial charge in [0.1, 0.15) is 0 Å². The maximum absolute atomic E-state index is 13.5. The predicted octanol–water partition coefficient (Wildman–Crippen LogP) is 4.34. The maximum Gasteiger partial charge on any atom is 0.254 e. The van der Waals surface area contributed by atoms with Crippen LogP contribution in [0.3, 0.4) is 0 Å². The Labute approximate surface area is 188 Å². The third-order valence-electron chi connectivity index (χ3n) is 6.98. The number of aryl methyl sites for hydroxylation is 2. The number of rotatable bonds is 5. The zero-order valence-corrected chi connectivity index (χ0v) is 18.8. The molecule has 1 aliphatic carbocycles. The summed E-state index contributed by atoms with van der Waals surface area (Å²) >= 11 is 0. The van der Waals surface area contributed by atoms with E-state index in [1.165, 1.54) is 12.8 Å². The van der Waals surface area contributed by atoms with Gasteiger partial charge in [-0.15, -0.1) is 0 Å². The molecule has 6 nitrogen and oxygen atoms in total. The Morgan fingerprint density at radius 3 is 2.75 bits per heavy atom. The van der Waals surface area contributed by atoms with Crippen molar-refractivity contribution >= 4 is 22.7 Å². The van der Waals surface area contributed by atoms with Crippen molar-refractivity contribution < 1.29 is 9.59 Å². The van der Waals surface area contributed by atoms with Crippen molar-refractivity contribution in [1.82, 2.24) is 20.2 Å². The number of carbonyl (C=O) groups excluding carboxylic acids is 2. The van der Waals surface area contributed by atoms with E-state index in [0.717, 1.165) is 59.3 Å². The number of amides is 2. The summed E-state index contributed by atoms with van der Waals surface area (Å²) in [5.74, 6) is 0.867. The number of likely N-dealkylation sites (tertiary alicyclic amines) is 1. The van der Waals surface area contributed by atoms with E-state index in [0.29, 0.717) is 18.0 Å². The molecule has 2 amide bonds. The monoisotopic (exact) mass is 430 g/mol. The van der Waals surface area contributed by atoms with E-state index < -0.39 is 0 Å². The fourth-order valence-corrected chi connectivity index (χ4v) is 4.74. The number of hydrogen-bond donors (Lipinski definition) is 2. The molecule has 0 spiro atoms. The third-order valence-corrected chi connectivity index (χ3v) is 6.98. The van der Waals surface area contributed by atoms with Gasteiger partial charge >= 0.3 is 0 Å². The highest BCUT2D eigenvalue weighted by Crippen LogP contribution is 2.30.